The summed E-state index contributed by atoms with van der Waals surface area (Å²) in [6, 6.07) is 2.04. The van der Waals surface area contributed by atoms with E-state index in [-0.39, 0.29) is 11.4 Å². The van der Waals surface area contributed by atoms with Gasteiger partial charge < -0.3 is 15.2 Å². The lowest BCUT2D eigenvalue weighted by Gasteiger charge is -2.11. The van der Waals surface area contributed by atoms with Gasteiger partial charge >= 0.3 is 5.97 Å². The van der Waals surface area contributed by atoms with E-state index in [9.17, 15) is 14.7 Å². The Bertz CT molecular complexity index is 406. The largest absolute Gasteiger partial charge is 0.505 e. The molecular weight excluding hydrogens is 212 g/mol. The quantitative estimate of drug-likeness (QED) is 0.710. The molecule has 1 heterocycles. The number of rotatable bonds is 3. The Hall–Kier alpha value is -2.11. The van der Waals surface area contributed by atoms with E-state index < -0.39 is 17.9 Å². The molecule has 1 aromatic heterocycles. The highest BCUT2D eigenvalue weighted by Crippen LogP contribution is 2.12. The van der Waals surface area contributed by atoms with Crippen LogP contribution in [0.1, 0.15) is 17.4 Å². The molecule has 0 aliphatic carbocycles. The van der Waals surface area contributed by atoms with E-state index in [0.29, 0.717) is 0 Å². The van der Waals surface area contributed by atoms with Gasteiger partial charge in [0.05, 0.1) is 7.11 Å². The van der Waals surface area contributed by atoms with Crippen molar-refractivity contribution < 1.29 is 19.4 Å². The fourth-order valence-corrected chi connectivity index (χ4v) is 1.07. The number of aromatic nitrogens is 1. The van der Waals surface area contributed by atoms with Crippen LogP contribution in [0.15, 0.2) is 18.3 Å². The van der Waals surface area contributed by atoms with Crippen LogP contribution in [-0.4, -0.2) is 35.1 Å². The Morgan fingerprint density at radius 3 is 2.81 bits per heavy atom. The van der Waals surface area contributed by atoms with Crippen LogP contribution >= 0.6 is 0 Å². The normalized spacial score (nSPS) is 11.6. The zero-order chi connectivity index (χ0) is 12.1. The summed E-state index contributed by atoms with van der Waals surface area (Å²) in [7, 11) is 1.23. The molecular formula is C10H12N2O4. The van der Waals surface area contributed by atoms with Crippen molar-refractivity contribution in [2.75, 3.05) is 7.11 Å². The van der Waals surface area contributed by atoms with Gasteiger partial charge in [-0.2, -0.15) is 0 Å². The second-order valence-electron chi connectivity index (χ2n) is 3.09. The minimum atomic E-state index is -0.793. The summed E-state index contributed by atoms with van der Waals surface area (Å²) in [5, 5.41) is 11.7. The number of hydrogen-bond acceptors (Lipinski definition) is 5. The molecule has 86 valence electrons. The van der Waals surface area contributed by atoms with Crippen molar-refractivity contribution in [3.8, 4) is 5.75 Å². The zero-order valence-corrected chi connectivity index (χ0v) is 8.93. The van der Waals surface area contributed by atoms with Crippen molar-refractivity contribution >= 4 is 11.9 Å². The molecule has 6 nitrogen and oxygen atoms in total. The summed E-state index contributed by atoms with van der Waals surface area (Å²) in [6.45, 7) is 1.48. The highest BCUT2D eigenvalue weighted by Gasteiger charge is 2.19. The molecule has 16 heavy (non-hydrogen) atoms. The van der Waals surface area contributed by atoms with Gasteiger partial charge in [0.15, 0.2) is 5.69 Å². The number of esters is 1. The van der Waals surface area contributed by atoms with E-state index in [1.807, 2.05) is 0 Å². The first kappa shape index (κ1) is 12.0. The standard InChI is InChI=1S/C10H12N2O4/c1-6(10(15)16-2)12-9(14)8-7(13)4-3-5-11-8/h3-6,13H,1-2H3,(H,12,14)/t6-/m0/s1. The number of nitrogens with zero attached hydrogens (tertiary/aromatic N) is 1. The first-order chi connectivity index (χ1) is 7.56. The summed E-state index contributed by atoms with van der Waals surface area (Å²) in [5.74, 6) is -1.43. The molecule has 0 radical (unpaired) electrons. The van der Waals surface area contributed by atoms with Crippen molar-refractivity contribution in [1.82, 2.24) is 10.3 Å². The number of ether oxygens (including phenoxy) is 1. The Labute approximate surface area is 92.3 Å². The number of carbonyl (C=O) groups excluding carboxylic acids is 2. The van der Waals surface area contributed by atoms with Gasteiger partial charge in [0.25, 0.3) is 5.91 Å². The lowest BCUT2D eigenvalue weighted by atomic mass is 10.2. The van der Waals surface area contributed by atoms with Gasteiger partial charge in [-0.05, 0) is 19.1 Å². The van der Waals surface area contributed by atoms with E-state index in [4.69, 9.17) is 0 Å². The van der Waals surface area contributed by atoms with Gasteiger partial charge in [0, 0.05) is 6.20 Å². The Kier molecular flexibility index (Phi) is 3.82. The molecule has 0 saturated carbocycles. The van der Waals surface area contributed by atoms with E-state index in [1.54, 1.807) is 0 Å². The Balaban J connectivity index is 2.73. The summed E-state index contributed by atoms with van der Waals surface area (Å²) < 4.78 is 4.44. The maximum absolute atomic E-state index is 11.6. The number of amides is 1. The van der Waals surface area contributed by atoms with Gasteiger partial charge in [-0.1, -0.05) is 0 Å². The van der Waals surface area contributed by atoms with Gasteiger partial charge in [-0.3, -0.25) is 4.79 Å². The number of nitrogens with one attached hydrogen (secondary N) is 1. The molecule has 0 unspecified atom stereocenters. The highest BCUT2D eigenvalue weighted by molar-refractivity contribution is 5.97. The molecule has 1 amide bonds. The summed E-state index contributed by atoms with van der Waals surface area (Å²) in [4.78, 5) is 26.3. The van der Waals surface area contributed by atoms with Crippen LogP contribution in [0.3, 0.4) is 0 Å². The van der Waals surface area contributed by atoms with Crippen molar-refractivity contribution in [2.24, 2.45) is 0 Å². The van der Waals surface area contributed by atoms with E-state index >= 15 is 0 Å². The van der Waals surface area contributed by atoms with Crippen LogP contribution in [0.2, 0.25) is 0 Å². The molecule has 6 heteroatoms. The van der Waals surface area contributed by atoms with E-state index in [0.717, 1.165) is 0 Å². The number of pyridine rings is 1. The minimum absolute atomic E-state index is 0.127. The third kappa shape index (κ3) is 2.69. The predicted molar refractivity (Wildman–Crippen MR) is 54.8 cm³/mol. The monoisotopic (exact) mass is 224 g/mol. The van der Waals surface area contributed by atoms with Gasteiger partial charge in [-0.25, -0.2) is 9.78 Å². The topological polar surface area (TPSA) is 88.5 Å². The van der Waals surface area contributed by atoms with E-state index in [2.05, 4.69) is 15.0 Å². The molecule has 0 bridgehead atoms. The Morgan fingerprint density at radius 1 is 1.56 bits per heavy atom. The van der Waals surface area contributed by atoms with Crippen molar-refractivity contribution in [1.29, 1.82) is 0 Å². The molecule has 0 aliphatic rings. The van der Waals surface area contributed by atoms with Gasteiger partial charge in [0.1, 0.15) is 11.8 Å². The average molecular weight is 224 g/mol. The lowest BCUT2D eigenvalue weighted by molar-refractivity contribution is -0.142. The first-order valence-corrected chi connectivity index (χ1v) is 4.59. The first-order valence-electron chi connectivity index (χ1n) is 4.59. The van der Waals surface area contributed by atoms with Crippen LogP contribution in [-0.2, 0) is 9.53 Å². The fraction of sp³-hybridized carbons (Fsp3) is 0.300. The highest BCUT2D eigenvalue weighted by atomic mass is 16.5. The third-order valence-corrected chi connectivity index (χ3v) is 1.90. The molecule has 2 N–H and O–H groups in total. The number of aromatic hydroxyl groups is 1. The maximum Gasteiger partial charge on any atom is 0.328 e. The summed E-state index contributed by atoms with van der Waals surface area (Å²) in [5.41, 5.74) is -0.127. The van der Waals surface area contributed by atoms with Gasteiger partial charge in [0.2, 0.25) is 0 Å². The molecule has 0 spiro atoms. The van der Waals surface area contributed by atoms with Crippen LogP contribution < -0.4 is 5.32 Å². The maximum atomic E-state index is 11.6. The third-order valence-electron chi connectivity index (χ3n) is 1.90. The molecule has 1 rings (SSSR count). The molecule has 0 aliphatic heterocycles. The minimum Gasteiger partial charge on any atom is -0.505 e. The molecule has 1 atom stereocenters. The van der Waals surface area contributed by atoms with E-state index in [1.165, 1.54) is 32.4 Å². The average Bonchev–Trinajstić information content (AvgIpc) is 2.28. The van der Waals surface area contributed by atoms with Gasteiger partial charge in [-0.15, -0.1) is 0 Å². The SMILES string of the molecule is COC(=O)[C@H](C)NC(=O)c1ncccc1O. The summed E-state index contributed by atoms with van der Waals surface area (Å²) in [6.07, 6.45) is 1.37. The molecule has 1 aromatic rings. The van der Waals surface area contributed by atoms with Crippen LogP contribution in [0.4, 0.5) is 0 Å². The van der Waals surface area contributed by atoms with Crippen LogP contribution in [0.5, 0.6) is 5.75 Å². The fourth-order valence-electron chi connectivity index (χ4n) is 1.07. The van der Waals surface area contributed by atoms with Crippen molar-refractivity contribution in [3.05, 3.63) is 24.0 Å². The number of hydrogen-bond donors (Lipinski definition) is 2. The number of methoxy groups -OCH3 is 1. The summed E-state index contributed by atoms with van der Waals surface area (Å²) >= 11 is 0. The smallest absolute Gasteiger partial charge is 0.328 e. The second kappa shape index (κ2) is 5.11. The van der Waals surface area contributed by atoms with Crippen LogP contribution in [0, 0.1) is 0 Å². The lowest BCUT2D eigenvalue weighted by Crippen LogP contribution is -2.39. The zero-order valence-electron chi connectivity index (χ0n) is 8.93. The Morgan fingerprint density at radius 2 is 2.25 bits per heavy atom. The molecule has 0 fully saturated rings. The number of carbonyl (C=O) groups is 2. The van der Waals surface area contributed by atoms with Crippen LogP contribution in [0.25, 0.3) is 0 Å². The molecule has 0 saturated heterocycles. The predicted octanol–water partition coefficient (Wildman–Crippen LogP) is 0.0785. The van der Waals surface area contributed by atoms with Crippen molar-refractivity contribution in [2.45, 2.75) is 13.0 Å². The molecule has 0 aromatic carbocycles. The second-order valence-corrected chi connectivity index (χ2v) is 3.09. The van der Waals surface area contributed by atoms with Crippen molar-refractivity contribution in [3.63, 3.8) is 0 Å².